The number of amides is 1. The number of benzene rings is 2. The lowest BCUT2D eigenvalue weighted by Gasteiger charge is -2.39. The summed E-state index contributed by atoms with van der Waals surface area (Å²) < 4.78 is 6.10. The Bertz CT molecular complexity index is 753. The molecule has 2 aromatic rings. The third-order valence-corrected chi connectivity index (χ3v) is 4.87. The first kappa shape index (κ1) is 17.7. The number of aliphatic hydroxyl groups is 2. The molecule has 134 valence electrons. The highest BCUT2D eigenvalue weighted by molar-refractivity contribution is 5.90. The van der Waals surface area contributed by atoms with Crippen LogP contribution in [0.4, 0.5) is 0 Å². The van der Waals surface area contributed by atoms with Crippen LogP contribution in [0.3, 0.4) is 0 Å². The monoisotopic (exact) mass is 343 g/mol. The van der Waals surface area contributed by atoms with Crippen LogP contribution >= 0.6 is 0 Å². The van der Waals surface area contributed by atoms with Crippen LogP contribution in [0, 0.1) is 5.92 Å². The molecule has 0 aliphatic carbocycles. The molecule has 25 heavy (non-hydrogen) atoms. The lowest BCUT2D eigenvalue weighted by molar-refractivity contribution is -0.150. The van der Waals surface area contributed by atoms with E-state index in [-0.39, 0.29) is 25.0 Å². The molecule has 1 saturated heterocycles. The number of carbonyl (C=O) groups excluding carboxylic acids is 1. The number of β-amino-alcohol motifs (C(OH)–C–C–N with tert-alkyl or cyclic N) is 1. The SMILES string of the molecule is CC(C)(Oc1cccc2ccccc12)C(=O)N1CC[C@H](CO)[C@H](O)C1. The van der Waals surface area contributed by atoms with Crippen molar-refractivity contribution in [2.45, 2.75) is 32.0 Å². The zero-order chi connectivity index (χ0) is 18.0. The first-order valence-electron chi connectivity index (χ1n) is 8.67. The fourth-order valence-electron chi connectivity index (χ4n) is 3.36. The van der Waals surface area contributed by atoms with Gasteiger partial charge in [0.1, 0.15) is 5.75 Å². The average molecular weight is 343 g/mol. The van der Waals surface area contributed by atoms with Gasteiger partial charge in [-0.25, -0.2) is 0 Å². The van der Waals surface area contributed by atoms with Crippen molar-refractivity contribution in [2.24, 2.45) is 5.92 Å². The van der Waals surface area contributed by atoms with E-state index in [9.17, 15) is 15.0 Å². The second-order valence-electron chi connectivity index (χ2n) is 7.14. The minimum absolute atomic E-state index is 0.0565. The summed E-state index contributed by atoms with van der Waals surface area (Å²) in [6, 6.07) is 13.7. The predicted octanol–water partition coefficient (Wildman–Crippen LogP) is 2.20. The second-order valence-corrected chi connectivity index (χ2v) is 7.14. The van der Waals surface area contributed by atoms with E-state index >= 15 is 0 Å². The van der Waals surface area contributed by atoms with Gasteiger partial charge in [-0.05, 0) is 31.7 Å². The largest absolute Gasteiger partial charge is 0.477 e. The van der Waals surface area contributed by atoms with Gasteiger partial charge in [-0.2, -0.15) is 0 Å². The molecule has 2 atom stereocenters. The van der Waals surface area contributed by atoms with Crippen LogP contribution in [-0.4, -0.2) is 52.4 Å². The van der Waals surface area contributed by atoms with Gasteiger partial charge in [-0.15, -0.1) is 0 Å². The highest BCUT2D eigenvalue weighted by atomic mass is 16.5. The van der Waals surface area contributed by atoms with Crippen LogP contribution in [0.5, 0.6) is 5.75 Å². The molecule has 1 fully saturated rings. The molecule has 5 nitrogen and oxygen atoms in total. The van der Waals surface area contributed by atoms with Gasteiger partial charge in [0.25, 0.3) is 5.91 Å². The van der Waals surface area contributed by atoms with E-state index in [1.807, 2.05) is 42.5 Å². The van der Waals surface area contributed by atoms with Gasteiger partial charge < -0.3 is 19.8 Å². The van der Waals surface area contributed by atoms with Crippen molar-refractivity contribution in [3.63, 3.8) is 0 Å². The third kappa shape index (κ3) is 3.62. The molecule has 1 aliphatic heterocycles. The Balaban J connectivity index is 1.78. The number of nitrogens with zero attached hydrogens (tertiary/aromatic N) is 1. The van der Waals surface area contributed by atoms with Crippen LogP contribution in [0.25, 0.3) is 10.8 Å². The average Bonchev–Trinajstić information content (AvgIpc) is 2.61. The number of rotatable bonds is 4. The van der Waals surface area contributed by atoms with Crippen molar-refractivity contribution in [3.8, 4) is 5.75 Å². The van der Waals surface area contributed by atoms with Crippen molar-refractivity contribution >= 4 is 16.7 Å². The van der Waals surface area contributed by atoms with Crippen molar-refractivity contribution in [1.29, 1.82) is 0 Å². The molecule has 1 heterocycles. The number of aliphatic hydroxyl groups excluding tert-OH is 2. The molecule has 3 rings (SSSR count). The second kappa shape index (κ2) is 7.02. The third-order valence-electron chi connectivity index (χ3n) is 4.87. The van der Waals surface area contributed by atoms with Crippen LogP contribution in [0.1, 0.15) is 20.3 Å². The summed E-state index contributed by atoms with van der Waals surface area (Å²) in [5.41, 5.74) is -1.05. The fraction of sp³-hybridized carbons (Fsp3) is 0.450. The lowest BCUT2D eigenvalue weighted by Crippen LogP contribution is -2.55. The molecule has 2 N–H and O–H groups in total. The predicted molar refractivity (Wildman–Crippen MR) is 96.4 cm³/mol. The van der Waals surface area contributed by atoms with E-state index in [0.29, 0.717) is 18.7 Å². The van der Waals surface area contributed by atoms with Crippen molar-refractivity contribution in [2.75, 3.05) is 19.7 Å². The summed E-state index contributed by atoms with van der Waals surface area (Å²) in [4.78, 5) is 14.6. The minimum Gasteiger partial charge on any atom is -0.477 e. The molecule has 1 amide bonds. The molecule has 1 aliphatic rings. The first-order chi connectivity index (χ1) is 11.9. The fourth-order valence-corrected chi connectivity index (χ4v) is 3.36. The van der Waals surface area contributed by atoms with Gasteiger partial charge in [0.2, 0.25) is 0 Å². The number of hydrogen-bond acceptors (Lipinski definition) is 4. The summed E-state index contributed by atoms with van der Waals surface area (Å²) in [7, 11) is 0. The van der Waals surface area contributed by atoms with E-state index in [1.54, 1.807) is 18.7 Å². The van der Waals surface area contributed by atoms with Crippen molar-refractivity contribution in [3.05, 3.63) is 42.5 Å². The maximum atomic E-state index is 12.9. The number of fused-ring (bicyclic) bond motifs is 1. The van der Waals surface area contributed by atoms with E-state index in [4.69, 9.17) is 4.74 Å². The lowest BCUT2D eigenvalue weighted by atomic mass is 9.93. The summed E-state index contributed by atoms with van der Waals surface area (Å²) in [6.07, 6.45) is -0.107. The number of carbonyl (C=O) groups is 1. The number of hydrogen-bond donors (Lipinski definition) is 2. The van der Waals surface area contributed by atoms with Crippen LogP contribution < -0.4 is 4.74 Å². The molecular weight excluding hydrogens is 318 g/mol. The maximum absolute atomic E-state index is 12.9. The molecular formula is C20H25NO4. The van der Waals surface area contributed by atoms with Gasteiger partial charge in [-0.3, -0.25) is 4.79 Å². The van der Waals surface area contributed by atoms with Crippen molar-refractivity contribution in [1.82, 2.24) is 4.90 Å². The normalized spacial score (nSPS) is 21.4. The Labute approximate surface area is 147 Å². The molecule has 0 saturated carbocycles. The van der Waals surface area contributed by atoms with Gasteiger partial charge >= 0.3 is 0 Å². The van der Waals surface area contributed by atoms with Crippen molar-refractivity contribution < 1.29 is 19.7 Å². The minimum atomic E-state index is -1.05. The molecule has 5 heteroatoms. The molecule has 0 spiro atoms. The Morgan fingerprint density at radius 1 is 1.24 bits per heavy atom. The Morgan fingerprint density at radius 3 is 2.68 bits per heavy atom. The molecule has 0 bridgehead atoms. The van der Waals surface area contributed by atoms with Gasteiger partial charge in [-0.1, -0.05) is 36.4 Å². The Kier molecular flexibility index (Phi) is 4.97. The van der Waals surface area contributed by atoms with Gasteiger partial charge in [0.05, 0.1) is 6.10 Å². The van der Waals surface area contributed by atoms with Crippen LogP contribution in [-0.2, 0) is 4.79 Å². The maximum Gasteiger partial charge on any atom is 0.266 e. The van der Waals surface area contributed by atoms with E-state index in [1.165, 1.54) is 0 Å². The standard InChI is InChI=1S/C20H25NO4/c1-20(2,19(24)21-11-10-15(13-22)17(23)12-21)25-18-9-5-7-14-6-3-4-8-16(14)18/h3-9,15,17,22-23H,10-13H2,1-2H3/t15-,17-/m1/s1. The smallest absolute Gasteiger partial charge is 0.266 e. The van der Waals surface area contributed by atoms with E-state index < -0.39 is 11.7 Å². The highest BCUT2D eigenvalue weighted by Crippen LogP contribution is 2.30. The topological polar surface area (TPSA) is 70.0 Å². The number of piperidine rings is 1. The zero-order valence-electron chi connectivity index (χ0n) is 14.7. The molecule has 2 aromatic carbocycles. The molecule has 0 unspecified atom stereocenters. The zero-order valence-corrected chi connectivity index (χ0v) is 14.7. The Hall–Kier alpha value is -2.11. The number of likely N-dealkylation sites (tertiary alicyclic amines) is 1. The summed E-state index contributed by atoms with van der Waals surface area (Å²) in [5.74, 6) is 0.351. The number of ether oxygens (including phenoxy) is 1. The summed E-state index contributed by atoms with van der Waals surface area (Å²) in [6.45, 7) is 4.19. The molecule has 0 aromatic heterocycles. The quantitative estimate of drug-likeness (QED) is 0.893. The summed E-state index contributed by atoms with van der Waals surface area (Å²) in [5, 5.41) is 21.4. The highest BCUT2D eigenvalue weighted by Gasteiger charge is 2.38. The van der Waals surface area contributed by atoms with E-state index in [2.05, 4.69) is 0 Å². The van der Waals surface area contributed by atoms with Gasteiger partial charge in [0, 0.05) is 31.0 Å². The van der Waals surface area contributed by atoms with Gasteiger partial charge in [0.15, 0.2) is 5.60 Å². The van der Waals surface area contributed by atoms with Crippen LogP contribution in [0.2, 0.25) is 0 Å². The molecule has 0 radical (unpaired) electrons. The van der Waals surface area contributed by atoms with E-state index in [0.717, 1.165) is 10.8 Å². The Morgan fingerprint density at radius 2 is 1.96 bits per heavy atom. The first-order valence-corrected chi connectivity index (χ1v) is 8.67. The van der Waals surface area contributed by atoms with Crippen LogP contribution in [0.15, 0.2) is 42.5 Å². The summed E-state index contributed by atoms with van der Waals surface area (Å²) >= 11 is 0.